The Balaban J connectivity index is 3.97. The molecule has 0 saturated carbocycles. The molecule has 0 fully saturated rings. The van der Waals surface area contributed by atoms with Crippen molar-refractivity contribution in [2.75, 3.05) is 33.7 Å². The van der Waals surface area contributed by atoms with Crippen molar-refractivity contribution in [3.05, 3.63) is 0 Å². The summed E-state index contributed by atoms with van der Waals surface area (Å²) in [6.07, 6.45) is 23.2. The predicted molar refractivity (Wildman–Crippen MR) is 183 cm³/mol. The smallest absolute Gasteiger partial charge is 0.242 e. The van der Waals surface area contributed by atoms with Gasteiger partial charge in [-0.2, -0.15) is 0 Å². The topological polar surface area (TPSA) is 115 Å². The normalized spacial score (nSPS) is 14.2. The SMILES string of the molecule is CCCCCCCCCCCCNC(=O)[C@@H](NC(=O)CCCCCCCCCC[N+](C)(C)CCC(C)S(=O)(=O)[O-])[C@@H](C)CC. The van der Waals surface area contributed by atoms with Crippen LogP contribution in [0.4, 0.5) is 0 Å². The Hall–Kier alpha value is -1.19. The average Bonchev–Trinajstić information content (AvgIpc) is 2.97. The Bertz CT molecular complexity index is 834. The summed E-state index contributed by atoms with van der Waals surface area (Å²) in [5.41, 5.74) is 0. The molecule has 0 heterocycles. The molecular formula is C35H71N3O5S. The Morgan fingerprint density at radius 3 is 1.68 bits per heavy atom. The first-order valence-electron chi connectivity index (χ1n) is 18.2. The lowest BCUT2D eigenvalue weighted by Crippen LogP contribution is -2.50. The van der Waals surface area contributed by atoms with Crippen LogP contribution in [0.15, 0.2) is 0 Å². The van der Waals surface area contributed by atoms with Gasteiger partial charge >= 0.3 is 0 Å². The molecule has 2 N–H and O–H groups in total. The van der Waals surface area contributed by atoms with E-state index in [-0.39, 0.29) is 17.7 Å². The zero-order valence-electron chi connectivity index (χ0n) is 29.6. The van der Waals surface area contributed by atoms with Gasteiger partial charge in [0.05, 0.1) is 42.6 Å². The Morgan fingerprint density at radius 1 is 0.705 bits per heavy atom. The highest BCUT2D eigenvalue weighted by Gasteiger charge is 2.25. The van der Waals surface area contributed by atoms with E-state index in [2.05, 4.69) is 38.6 Å². The molecular weight excluding hydrogens is 574 g/mol. The van der Waals surface area contributed by atoms with Gasteiger partial charge in [0.1, 0.15) is 6.04 Å². The van der Waals surface area contributed by atoms with E-state index in [1.165, 1.54) is 71.1 Å². The summed E-state index contributed by atoms with van der Waals surface area (Å²) in [7, 11) is -0.00521. The highest BCUT2D eigenvalue weighted by atomic mass is 32.2. The van der Waals surface area contributed by atoms with Gasteiger partial charge in [0.15, 0.2) is 0 Å². The molecule has 9 heteroatoms. The number of quaternary nitrogens is 1. The van der Waals surface area contributed by atoms with Crippen LogP contribution in [0.2, 0.25) is 0 Å². The number of nitrogens with one attached hydrogen (secondary N) is 2. The zero-order valence-corrected chi connectivity index (χ0v) is 30.4. The molecule has 44 heavy (non-hydrogen) atoms. The van der Waals surface area contributed by atoms with Crippen LogP contribution < -0.4 is 10.6 Å². The highest BCUT2D eigenvalue weighted by molar-refractivity contribution is 7.86. The molecule has 0 aromatic heterocycles. The summed E-state index contributed by atoms with van der Waals surface area (Å²) in [6, 6.07) is -0.456. The quantitative estimate of drug-likeness (QED) is 0.0478. The van der Waals surface area contributed by atoms with Gasteiger partial charge < -0.3 is 19.7 Å². The van der Waals surface area contributed by atoms with Crippen molar-refractivity contribution < 1.29 is 27.0 Å². The number of rotatable bonds is 30. The van der Waals surface area contributed by atoms with Crippen LogP contribution >= 0.6 is 0 Å². The van der Waals surface area contributed by atoms with E-state index >= 15 is 0 Å². The van der Waals surface area contributed by atoms with Crippen molar-refractivity contribution in [3.8, 4) is 0 Å². The maximum atomic E-state index is 12.9. The molecule has 0 aliphatic heterocycles. The van der Waals surface area contributed by atoms with E-state index in [0.29, 0.717) is 25.9 Å². The van der Waals surface area contributed by atoms with Gasteiger partial charge in [-0.1, -0.05) is 117 Å². The molecule has 262 valence electrons. The van der Waals surface area contributed by atoms with Crippen molar-refractivity contribution in [1.29, 1.82) is 0 Å². The molecule has 1 unspecified atom stereocenters. The molecule has 0 saturated heterocycles. The molecule has 2 amide bonds. The Morgan fingerprint density at radius 2 is 1.18 bits per heavy atom. The lowest BCUT2D eigenvalue weighted by molar-refractivity contribution is -0.890. The van der Waals surface area contributed by atoms with E-state index in [1.54, 1.807) is 0 Å². The number of hydrogen-bond acceptors (Lipinski definition) is 5. The summed E-state index contributed by atoms with van der Waals surface area (Å²) >= 11 is 0. The van der Waals surface area contributed by atoms with Crippen molar-refractivity contribution in [2.45, 2.75) is 174 Å². The Labute approximate surface area is 272 Å². The maximum Gasteiger partial charge on any atom is 0.242 e. The van der Waals surface area contributed by atoms with Gasteiger partial charge in [-0.25, -0.2) is 8.42 Å². The van der Waals surface area contributed by atoms with Gasteiger partial charge in [0.25, 0.3) is 0 Å². The molecule has 0 rings (SSSR count). The monoisotopic (exact) mass is 646 g/mol. The molecule has 0 aliphatic carbocycles. The average molecular weight is 646 g/mol. The molecule has 8 nitrogen and oxygen atoms in total. The minimum absolute atomic E-state index is 0.0210. The van der Waals surface area contributed by atoms with Gasteiger partial charge in [-0.15, -0.1) is 0 Å². The van der Waals surface area contributed by atoms with E-state index in [1.807, 2.05) is 6.92 Å². The van der Waals surface area contributed by atoms with Crippen LogP contribution in [0.25, 0.3) is 0 Å². The maximum absolute atomic E-state index is 12.9. The third-order valence-electron chi connectivity index (χ3n) is 9.19. The first kappa shape index (κ1) is 42.8. The molecule has 0 bridgehead atoms. The lowest BCUT2D eigenvalue weighted by Gasteiger charge is -2.31. The van der Waals surface area contributed by atoms with Crippen LogP contribution in [-0.2, 0) is 19.7 Å². The number of unbranched alkanes of at least 4 members (excludes halogenated alkanes) is 16. The van der Waals surface area contributed by atoms with Crippen molar-refractivity contribution in [1.82, 2.24) is 10.6 Å². The van der Waals surface area contributed by atoms with Gasteiger partial charge in [0.2, 0.25) is 11.8 Å². The first-order valence-corrected chi connectivity index (χ1v) is 19.6. The standard InChI is InChI=1S/C35H71N3O5S/c1-7-9-10-11-12-13-15-18-21-24-28-36-35(40)34(31(3)8-2)37-33(39)26-23-20-17-14-16-19-22-25-29-38(5,6)30-27-32(4)44(41,42)43/h31-32,34H,7-30H2,1-6H3,(H2-,36,37,39,40,41,42,43)/t31-,32?,34-/m0/s1. The highest BCUT2D eigenvalue weighted by Crippen LogP contribution is 2.14. The molecule has 3 atom stereocenters. The predicted octanol–water partition coefficient (Wildman–Crippen LogP) is 7.47. The fourth-order valence-electron chi connectivity index (χ4n) is 5.55. The van der Waals surface area contributed by atoms with Gasteiger partial charge in [-0.05, 0) is 38.5 Å². The van der Waals surface area contributed by atoms with Crippen LogP contribution in [0.1, 0.15) is 163 Å². The number of carbonyl (C=O) groups excluding carboxylic acids is 2. The fourth-order valence-corrected chi connectivity index (χ4v) is 5.95. The second kappa shape index (κ2) is 25.9. The number of amides is 2. The van der Waals surface area contributed by atoms with E-state index in [4.69, 9.17) is 0 Å². The second-order valence-electron chi connectivity index (χ2n) is 14.0. The summed E-state index contributed by atoms with van der Waals surface area (Å²) < 4.78 is 34.1. The zero-order chi connectivity index (χ0) is 33.3. The van der Waals surface area contributed by atoms with Crippen LogP contribution in [-0.4, -0.2) is 74.3 Å². The molecule has 0 aromatic carbocycles. The van der Waals surface area contributed by atoms with Gasteiger partial charge in [0, 0.05) is 19.4 Å². The molecule has 0 spiro atoms. The second-order valence-corrected chi connectivity index (χ2v) is 15.7. The van der Waals surface area contributed by atoms with Crippen LogP contribution in [0.3, 0.4) is 0 Å². The Kier molecular flexibility index (Phi) is 25.2. The summed E-state index contributed by atoms with van der Waals surface area (Å²) in [5, 5.41) is 5.27. The number of hydrogen-bond donors (Lipinski definition) is 2. The summed E-state index contributed by atoms with van der Waals surface area (Å²) in [5.74, 6) is 0.0386. The molecule has 0 radical (unpaired) electrons. The van der Waals surface area contributed by atoms with Crippen LogP contribution in [0.5, 0.6) is 0 Å². The third-order valence-corrected chi connectivity index (χ3v) is 10.4. The fraction of sp³-hybridized carbons (Fsp3) is 0.943. The van der Waals surface area contributed by atoms with E-state index in [9.17, 15) is 22.6 Å². The lowest BCUT2D eigenvalue weighted by atomic mass is 9.97. The number of nitrogens with zero attached hydrogens (tertiary/aromatic N) is 1. The van der Waals surface area contributed by atoms with Crippen molar-refractivity contribution in [3.63, 3.8) is 0 Å². The van der Waals surface area contributed by atoms with Crippen molar-refractivity contribution >= 4 is 21.9 Å². The van der Waals surface area contributed by atoms with E-state index in [0.717, 1.165) is 68.8 Å². The van der Waals surface area contributed by atoms with Crippen LogP contribution in [0, 0.1) is 5.92 Å². The molecule has 0 aliphatic rings. The summed E-state index contributed by atoms with van der Waals surface area (Å²) in [6.45, 7) is 10.2. The van der Waals surface area contributed by atoms with E-state index < -0.39 is 21.4 Å². The van der Waals surface area contributed by atoms with Gasteiger partial charge in [-0.3, -0.25) is 9.59 Å². The van der Waals surface area contributed by atoms with Crippen molar-refractivity contribution in [2.24, 2.45) is 5.92 Å². The summed E-state index contributed by atoms with van der Waals surface area (Å²) in [4.78, 5) is 25.5. The first-order chi connectivity index (χ1) is 20.8. The molecule has 0 aromatic rings. The minimum Gasteiger partial charge on any atom is -0.748 e. The third kappa shape index (κ3) is 24.1. The number of carbonyl (C=O) groups is 2. The largest absolute Gasteiger partial charge is 0.748 e. The minimum atomic E-state index is -4.19.